The number of ether oxygens (including phenoxy) is 13. The van der Waals surface area contributed by atoms with E-state index in [1.807, 2.05) is 0 Å². The quantitative estimate of drug-likeness (QED) is 0.0366. The van der Waals surface area contributed by atoms with Crippen molar-refractivity contribution in [1.82, 2.24) is 0 Å². The summed E-state index contributed by atoms with van der Waals surface area (Å²) in [6, 6.07) is 0. The van der Waals surface area contributed by atoms with Crippen molar-refractivity contribution in [1.29, 1.82) is 0 Å². The van der Waals surface area contributed by atoms with E-state index in [1.54, 1.807) is 6.92 Å². The summed E-state index contributed by atoms with van der Waals surface area (Å²) >= 11 is 0. The summed E-state index contributed by atoms with van der Waals surface area (Å²) < 4.78 is 76.7. The predicted octanol–water partition coefficient (Wildman–Crippen LogP) is -5.96. The predicted molar refractivity (Wildman–Crippen MR) is 322 cm³/mol. The lowest BCUT2D eigenvalue weighted by Crippen LogP contribution is -2.71. The molecule has 3 unspecified atom stereocenters. The van der Waals surface area contributed by atoms with Gasteiger partial charge in [0.15, 0.2) is 43.7 Å². The Morgan fingerprint density at radius 1 is 0.541 bits per heavy atom. The molecule has 11 rings (SSSR count). The Bertz CT molecular complexity index is 2820. The van der Waals surface area contributed by atoms with Crippen LogP contribution in [-0.2, 0) is 71.2 Å². The van der Waals surface area contributed by atoms with Crippen LogP contribution in [-0.4, -0.2) is 328 Å². The van der Waals surface area contributed by atoms with Gasteiger partial charge in [0, 0.05) is 12.3 Å². The molecule has 33 nitrogen and oxygen atoms in total. The number of carbonyl (C=O) groups is 2. The Balaban J connectivity index is 0.811. The first-order valence-electron chi connectivity index (χ1n) is 34.1. The number of hydrogen-bond acceptors (Lipinski definition) is 33. The first kappa shape index (κ1) is 76.6. The second kappa shape index (κ2) is 28.4. The highest BCUT2D eigenvalue weighted by atomic mass is 16.8. The zero-order valence-corrected chi connectivity index (χ0v) is 56.3. The van der Waals surface area contributed by atoms with Crippen molar-refractivity contribution < 1.29 is 163 Å². The second-order valence-corrected chi connectivity index (χ2v) is 31.4. The second-order valence-electron chi connectivity index (χ2n) is 31.4. The standard InChI is InChI=1S/C65H104O33/c1-25-45(93-52-42(80)46(31(73)21-86-52)94-57-50(83)64(85,23-69)24-88-57)48(90-26(2)70)44(82)54(89-25)96-49-37(75)30(72)20-87-56(49)98-58(84)65-14-13-59(3,4)15-28(65)27-9-10-35-60(5)16-29(71)51(61(6,22-68)34(60)11-12-62(35,7)63(27,8)17-36(65)74)97-55-43(81)47(39(77)33(19-67)92-55)95-53-41(79)40(78)38(76)32(18-66)91-53/h9,25,28-57,66-69,71-83,85H,10-24H2,1-8H3/t25-,28-,29-,30-,31+,32+,33+,34+,35+,36+,37-,38+,39+,40-,41+,42+,43?,44?,45-,46-,47-,48-,49+,50-,51-,52-,53-,54-,55-,56-,57-,60-,61?,62+,63+,64+,65+/m0/s1. The van der Waals surface area contributed by atoms with Crippen molar-refractivity contribution in [2.24, 2.45) is 50.2 Å². The fourth-order valence-corrected chi connectivity index (χ4v) is 19.2. The van der Waals surface area contributed by atoms with E-state index in [9.17, 15) is 96.7 Å². The molecule has 0 bridgehead atoms. The van der Waals surface area contributed by atoms with Gasteiger partial charge in [-0.3, -0.25) is 9.59 Å². The highest BCUT2D eigenvalue weighted by molar-refractivity contribution is 5.80. The van der Waals surface area contributed by atoms with Crippen molar-refractivity contribution in [2.45, 2.75) is 284 Å². The molecular weight excluding hydrogens is 1310 g/mol. The van der Waals surface area contributed by atoms with Crippen LogP contribution >= 0.6 is 0 Å². The molecule has 0 radical (unpaired) electrons. The molecule has 10 fully saturated rings. The zero-order valence-electron chi connectivity index (χ0n) is 56.3. The number of esters is 2. The number of aliphatic hydroxyl groups is 18. The van der Waals surface area contributed by atoms with Crippen LogP contribution in [0.1, 0.15) is 107 Å². The van der Waals surface area contributed by atoms with Gasteiger partial charge in [0.2, 0.25) is 6.29 Å². The molecule has 5 aliphatic carbocycles. The summed E-state index contributed by atoms with van der Waals surface area (Å²) in [6.07, 6.45) is -42.3. The third kappa shape index (κ3) is 12.9. The van der Waals surface area contributed by atoms with E-state index in [-0.39, 0.29) is 30.6 Å². The number of aliphatic hydroxyl groups excluding tert-OH is 17. The van der Waals surface area contributed by atoms with E-state index in [4.69, 9.17) is 61.6 Å². The minimum atomic E-state index is -2.11. The summed E-state index contributed by atoms with van der Waals surface area (Å²) in [5.41, 5.74) is -6.71. The molecule has 0 amide bonds. The van der Waals surface area contributed by atoms with Crippen LogP contribution in [0.15, 0.2) is 11.6 Å². The molecular formula is C65H104O33. The SMILES string of the molecule is CC(=O)O[C@H]1C(O)[C@H](O[C@H]2[C@H](OC(=O)[C@]34CCC(C)(C)C[C@H]3C3=CC[C@@H]5[C@@]6(C)C[C@H](O)[C@H](O[C@@H]7O[C@H](CO)[C@@H](O)[C@H](O[C@@H]8O[C@H](CO)[C@@H](O)[C@H](O)[C@H]8O)C7O)C(C)(CO)[C@@H]6CC[C@@]5(C)[C@]3(C)C[C@H]4O)OC[C@H](O)[C@@H]2O)O[C@@H](C)[C@@H]1O[C@@H]1OC[C@@H](O)[C@H](O[C@@H]2OC[C@](O)(CO)[C@H]2O)[C@H]1O. The summed E-state index contributed by atoms with van der Waals surface area (Å²) in [6.45, 7) is 10.0. The van der Waals surface area contributed by atoms with Gasteiger partial charge in [0.05, 0.1) is 70.7 Å². The van der Waals surface area contributed by atoms with Crippen molar-refractivity contribution in [2.75, 3.05) is 46.2 Å². The fraction of sp³-hybridized carbons (Fsp3) is 0.938. The van der Waals surface area contributed by atoms with Gasteiger partial charge in [-0.2, -0.15) is 0 Å². The molecule has 11 aliphatic rings. The largest absolute Gasteiger partial charge is 0.457 e. The van der Waals surface area contributed by atoms with Gasteiger partial charge in [-0.05, 0) is 97.7 Å². The third-order valence-corrected chi connectivity index (χ3v) is 24.9. The average molecular weight is 1410 g/mol. The molecule has 4 saturated carbocycles. The van der Waals surface area contributed by atoms with Crippen molar-refractivity contribution in [3.63, 3.8) is 0 Å². The van der Waals surface area contributed by atoms with Crippen LogP contribution in [0.25, 0.3) is 0 Å². The minimum absolute atomic E-state index is 0.0586. The monoisotopic (exact) mass is 1410 g/mol. The number of rotatable bonds is 17. The Morgan fingerprint density at radius 2 is 1.13 bits per heavy atom. The van der Waals surface area contributed by atoms with E-state index in [0.29, 0.717) is 32.1 Å². The minimum Gasteiger partial charge on any atom is -0.457 e. The Labute approximate surface area is 565 Å². The van der Waals surface area contributed by atoms with Crippen LogP contribution in [0.5, 0.6) is 0 Å². The number of fused-ring (bicyclic) bond motifs is 7. The summed E-state index contributed by atoms with van der Waals surface area (Å²) in [5, 5.41) is 200. The molecule has 98 heavy (non-hydrogen) atoms. The highest BCUT2D eigenvalue weighted by Crippen LogP contribution is 2.76. The van der Waals surface area contributed by atoms with E-state index in [2.05, 4.69) is 40.7 Å². The maximum Gasteiger partial charge on any atom is 0.317 e. The summed E-state index contributed by atoms with van der Waals surface area (Å²) in [7, 11) is 0. The molecule has 6 saturated heterocycles. The molecule has 562 valence electrons. The van der Waals surface area contributed by atoms with Gasteiger partial charge in [0.1, 0.15) is 109 Å². The molecule has 0 aromatic rings. The smallest absolute Gasteiger partial charge is 0.317 e. The molecule has 6 aliphatic heterocycles. The first-order chi connectivity index (χ1) is 45.9. The van der Waals surface area contributed by atoms with Gasteiger partial charge < -0.3 is 153 Å². The van der Waals surface area contributed by atoms with Gasteiger partial charge in [-0.1, -0.05) is 53.2 Å². The van der Waals surface area contributed by atoms with Crippen LogP contribution in [0.4, 0.5) is 0 Å². The van der Waals surface area contributed by atoms with Crippen LogP contribution in [0, 0.1) is 50.2 Å². The van der Waals surface area contributed by atoms with Gasteiger partial charge in [-0.25, -0.2) is 0 Å². The van der Waals surface area contributed by atoms with Crippen LogP contribution in [0.2, 0.25) is 0 Å². The molecule has 0 aromatic carbocycles. The maximum absolute atomic E-state index is 15.6. The lowest BCUT2D eigenvalue weighted by atomic mass is 9.33. The van der Waals surface area contributed by atoms with Crippen LogP contribution < -0.4 is 0 Å². The highest BCUT2D eigenvalue weighted by Gasteiger charge is 2.74. The maximum atomic E-state index is 15.6. The topological polar surface area (TPSA) is 518 Å². The number of allylic oxidation sites excluding steroid dienone is 2. The summed E-state index contributed by atoms with van der Waals surface area (Å²) in [4.78, 5) is 28.4. The van der Waals surface area contributed by atoms with Crippen molar-refractivity contribution in [3.05, 3.63) is 11.6 Å². The number of hydrogen-bond donors (Lipinski definition) is 18. The lowest BCUT2D eigenvalue weighted by Gasteiger charge is -2.72. The molecule has 18 N–H and O–H groups in total. The lowest BCUT2D eigenvalue weighted by molar-refractivity contribution is -0.375. The average Bonchev–Trinajstić information content (AvgIpc) is 0.708. The van der Waals surface area contributed by atoms with Gasteiger partial charge in [-0.15, -0.1) is 0 Å². The molecule has 33 heteroatoms. The van der Waals surface area contributed by atoms with Crippen molar-refractivity contribution in [3.8, 4) is 0 Å². The van der Waals surface area contributed by atoms with Crippen molar-refractivity contribution >= 4 is 11.9 Å². The fourth-order valence-electron chi connectivity index (χ4n) is 19.2. The van der Waals surface area contributed by atoms with E-state index >= 15 is 4.79 Å². The molecule has 0 aromatic heterocycles. The zero-order chi connectivity index (χ0) is 71.6. The Morgan fingerprint density at radius 3 is 1.78 bits per heavy atom. The molecule has 6 heterocycles. The van der Waals surface area contributed by atoms with E-state index in [0.717, 1.165) is 12.5 Å². The van der Waals surface area contributed by atoms with Gasteiger partial charge in [0.25, 0.3) is 0 Å². The van der Waals surface area contributed by atoms with Crippen LogP contribution in [0.3, 0.4) is 0 Å². The molecule has 37 atom stereocenters. The normalized spacial score (nSPS) is 54.1. The third-order valence-electron chi connectivity index (χ3n) is 24.9. The molecule has 0 spiro atoms. The Kier molecular flexibility index (Phi) is 22.2. The first-order valence-corrected chi connectivity index (χ1v) is 34.1. The van der Waals surface area contributed by atoms with E-state index < -0.39 is 275 Å². The van der Waals surface area contributed by atoms with E-state index in [1.165, 1.54) is 6.92 Å². The Hall–Kier alpha value is -2.48. The van der Waals surface area contributed by atoms with Gasteiger partial charge >= 0.3 is 11.9 Å². The number of carbonyl (C=O) groups excluding carboxylic acids is 2. The summed E-state index contributed by atoms with van der Waals surface area (Å²) in [5.74, 6) is -3.10.